The summed E-state index contributed by atoms with van der Waals surface area (Å²) in [4.78, 5) is 0. The fourth-order valence-corrected chi connectivity index (χ4v) is 0.723. The van der Waals surface area contributed by atoms with Crippen LogP contribution in [0.25, 0.3) is 0 Å². The summed E-state index contributed by atoms with van der Waals surface area (Å²) in [6.45, 7) is 7.33. The lowest BCUT2D eigenvalue weighted by Crippen LogP contribution is -1.63. The van der Waals surface area contributed by atoms with Gasteiger partial charge in [0.15, 0.2) is 0 Å². The molecule has 0 aromatic heterocycles. The van der Waals surface area contributed by atoms with Crippen molar-refractivity contribution < 1.29 is 0 Å². The molecule has 0 heteroatoms. The second kappa shape index (κ2) is 1.99. The first kappa shape index (κ1) is 5.36. The highest BCUT2D eigenvalue weighted by atomic mass is 14.2. The van der Waals surface area contributed by atoms with Crippen molar-refractivity contribution in [3.8, 4) is 0 Å². The summed E-state index contributed by atoms with van der Waals surface area (Å²) < 4.78 is 0. The second-order valence-corrected chi connectivity index (χ2v) is 1.97. The molecule has 1 fully saturated rings. The first-order valence-corrected chi connectivity index (χ1v) is 2.85. The standard InChI is InChI=1S/C8H10/c1-3-7(4-2)8-5-6-8/h3-4H,1-2,5-6H2. The lowest BCUT2D eigenvalue weighted by Gasteiger charge is -1.84. The third kappa shape index (κ3) is 0.890. The molecule has 0 radical (unpaired) electrons. The fourth-order valence-electron chi connectivity index (χ4n) is 0.723. The van der Waals surface area contributed by atoms with Gasteiger partial charge in [-0.15, -0.1) is 0 Å². The van der Waals surface area contributed by atoms with Crippen molar-refractivity contribution >= 4 is 0 Å². The van der Waals surface area contributed by atoms with Gasteiger partial charge in [-0.3, -0.25) is 0 Å². The maximum Gasteiger partial charge on any atom is -0.0273 e. The average Bonchev–Trinajstić information content (AvgIpc) is 2.53. The third-order valence-corrected chi connectivity index (χ3v) is 1.35. The zero-order chi connectivity index (χ0) is 5.98. The molecule has 0 unspecified atom stereocenters. The predicted octanol–water partition coefficient (Wildman–Crippen LogP) is 2.45. The van der Waals surface area contributed by atoms with E-state index in [-0.39, 0.29) is 0 Å². The maximum atomic E-state index is 3.66. The molecule has 0 nitrogen and oxygen atoms in total. The van der Waals surface area contributed by atoms with Gasteiger partial charge in [0.1, 0.15) is 0 Å². The molecule has 0 amide bonds. The molecule has 1 rings (SSSR count). The fraction of sp³-hybridized carbons (Fsp3) is 0.250. The molecule has 1 saturated carbocycles. The van der Waals surface area contributed by atoms with E-state index in [1.807, 2.05) is 12.2 Å². The van der Waals surface area contributed by atoms with Gasteiger partial charge in [0, 0.05) is 0 Å². The van der Waals surface area contributed by atoms with Gasteiger partial charge >= 0.3 is 0 Å². The van der Waals surface area contributed by atoms with Gasteiger partial charge in [0.05, 0.1) is 0 Å². The lowest BCUT2D eigenvalue weighted by molar-refractivity contribution is 1.50. The molecular formula is C8H10. The quantitative estimate of drug-likeness (QED) is 0.507. The first-order valence-electron chi connectivity index (χ1n) is 2.85. The van der Waals surface area contributed by atoms with Crippen LogP contribution < -0.4 is 0 Å². The summed E-state index contributed by atoms with van der Waals surface area (Å²) in [5.41, 5.74) is 2.75. The van der Waals surface area contributed by atoms with Crippen LogP contribution in [0, 0.1) is 0 Å². The van der Waals surface area contributed by atoms with Crippen LogP contribution in [0.15, 0.2) is 36.5 Å². The third-order valence-electron chi connectivity index (χ3n) is 1.35. The van der Waals surface area contributed by atoms with Gasteiger partial charge in [-0.1, -0.05) is 30.9 Å². The SMILES string of the molecule is C=CC(C=C)=C1CC1. The first-order chi connectivity index (χ1) is 3.88. The van der Waals surface area contributed by atoms with Gasteiger partial charge in [0.2, 0.25) is 0 Å². The maximum absolute atomic E-state index is 3.66. The highest BCUT2D eigenvalue weighted by Crippen LogP contribution is 2.32. The molecule has 0 aromatic rings. The van der Waals surface area contributed by atoms with Gasteiger partial charge in [-0.25, -0.2) is 0 Å². The van der Waals surface area contributed by atoms with Gasteiger partial charge < -0.3 is 0 Å². The molecule has 1 aliphatic carbocycles. The molecule has 0 saturated heterocycles. The topological polar surface area (TPSA) is 0 Å². The Bertz CT molecular complexity index is 133. The second-order valence-electron chi connectivity index (χ2n) is 1.97. The van der Waals surface area contributed by atoms with Gasteiger partial charge in [-0.05, 0) is 18.4 Å². The molecule has 42 valence electrons. The summed E-state index contributed by atoms with van der Waals surface area (Å²) in [5, 5.41) is 0. The molecule has 0 N–H and O–H groups in total. The molecule has 0 heterocycles. The number of hydrogen-bond acceptors (Lipinski definition) is 0. The van der Waals surface area contributed by atoms with Crippen LogP contribution >= 0.6 is 0 Å². The molecule has 0 aliphatic heterocycles. The van der Waals surface area contributed by atoms with Gasteiger partial charge in [0.25, 0.3) is 0 Å². The van der Waals surface area contributed by atoms with Crippen molar-refractivity contribution in [1.82, 2.24) is 0 Å². The van der Waals surface area contributed by atoms with E-state index in [2.05, 4.69) is 13.2 Å². The number of rotatable bonds is 2. The minimum absolute atomic E-state index is 1.24. The Hall–Kier alpha value is -0.780. The van der Waals surface area contributed by atoms with Crippen molar-refractivity contribution in [2.24, 2.45) is 0 Å². The minimum atomic E-state index is 1.24. The molecule has 0 aromatic carbocycles. The zero-order valence-corrected chi connectivity index (χ0v) is 4.98. The summed E-state index contributed by atoms with van der Waals surface area (Å²) >= 11 is 0. The van der Waals surface area contributed by atoms with Crippen molar-refractivity contribution in [3.63, 3.8) is 0 Å². The smallest absolute Gasteiger partial charge is 0.0273 e. The van der Waals surface area contributed by atoms with Crippen LogP contribution in [-0.4, -0.2) is 0 Å². The lowest BCUT2D eigenvalue weighted by atomic mass is 10.2. The highest BCUT2D eigenvalue weighted by molar-refractivity contribution is 5.39. The molecule has 1 aliphatic rings. The molecule has 0 bridgehead atoms. The predicted molar refractivity (Wildman–Crippen MR) is 36.7 cm³/mol. The Morgan fingerprint density at radius 3 is 1.88 bits per heavy atom. The van der Waals surface area contributed by atoms with Crippen LogP contribution in [0.2, 0.25) is 0 Å². The molecule has 0 atom stereocenters. The van der Waals surface area contributed by atoms with E-state index in [0.29, 0.717) is 0 Å². The van der Waals surface area contributed by atoms with E-state index < -0.39 is 0 Å². The van der Waals surface area contributed by atoms with E-state index in [0.717, 1.165) is 0 Å². The van der Waals surface area contributed by atoms with Crippen molar-refractivity contribution in [2.45, 2.75) is 12.8 Å². The van der Waals surface area contributed by atoms with Gasteiger partial charge in [-0.2, -0.15) is 0 Å². The normalized spacial score (nSPS) is 15.2. The Morgan fingerprint density at radius 1 is 1.25 bits per heavy atom. The largest absolute Gasteiger partial charge is 0.0985 e. The van der Waals surface area contributed by atoms with E-state index in [9.17, 15) is 0 Å². The molecular weight excluding hydrogens is 96.1 g/mol. The molecule has 8 heavy (non-hydrogen) atoms. The number of hydrogen-bond donors (Lipinski definition) is 0. The Labute approximate surface area is 50.2 Å². The average molecular weight is 106 g/mol. The Kier molecular flexibility index (Phi) is 1.34. The summed E-state index contributed by atoms with van der Waals surface area (Å²) in [6.07, 6.45) is 6.26. The monoisotopic (exact) mass is 106 g/mol. The Morgan fingerprint density at radius 2 is 1.75 bits per heavy atom. The summed E-state index contributed by atoms with van der Waals surface area (Å²) in [7, 11) is 0. The van der Waals surface area contributed by atoms with Crippen LogP contribution in [-0.2, 0) is 0 Å². The summed E-state index contributed by atoms with van der Waals surface area (Å²) in [5.74, 6) is 0. The zero-order valence-electron chi connectivity index (χ0n) is 4.98. The van der Waals surface area contributed by atoms with E-state index >= 15 is 0 Å². The van der Waals surface area contributed by atoms with Crippen LogP contribution in [0.1, 0.15) is 12.8 Å². The minimum Gasteiger partial charge on any atom is -0.0985 e. The number of allylic oxidation sites excluding steroid dienone is 4. The van der Waals surface area contributed by atoms with Crippen LogP contribution in [0.3, 0.4) is 0 Å². The van der Waals surface area contributed by atoms with E-state index in [4.69, 9.17) is 0 Å². The van der Waals surface area contributed by atoms with Crippen molar-refractivity contribution in [2.75, 3.05) is 0 Å². The van der Waals surface area contributed by atoms with Crippen LogP contribution in [0.5, 0.6) is 0 Å². The Balaban J connectivity index is 2.75. The molecule has 0 spiro atoms. The highest BCUT2D eigenvalue weighted by Gasteiger charge is 2.12. The summed E-state index contributed by atoms with van der Waals surface area (Å²) in [6, 6.07) is 0. The van der Waals surface area contributed by atoms with Crippen molar-refractivity contribution in [1.29, 1.82) is 0 Å². The van der Waals surface area contributed by atoms with E-state index in [1.54, 1.807) is 0 Å². The van der Waals surface area contributed by atoms with E-state index in [1.165, 1.54) is 24.0 Å². The van der Waals surface area contributed by atoms with Crippen molar-refractivity contribution in [3.05, 3.63) is 36.5 Å². The van der Waals surface area contributed by atoms with Crippen LogP contribution in [0.4, 0.5) is 0 Å².